The lowest BCUT2D eigenvalue weighted by Crippen LogP contribution is -2.17. The maximum Gasteiger partial charge on any atom is 0.271 e. The van der Waals surface area contributed by atoms with Crippen LogP contribution in [0, 0.1) is 6.92 Å². The summed E-state index contributed by atoms with van der Waals surface area (Å²) < 4.78 is 16.4. The van der Waals surface area contributed by atoms with Crippen molar-refractivity contribution in [2.45, 2.75) is 13.5 Å². The van der Waals surface area contributed by atoms with E-state index in [0.717, 1.165) is 16.9 Å². The van der Waals surface area contributed by atoms with Crippen molar-refractivity contribution in [2.24, 2.45) is 5.10 Å². The van der Waals surface area contributed by atoms with E-state index in [2.05, 4.69) is 29.6 Å². The number of hydrazone groups is 1. The molecule has 4 rings (SSSR count). The highest BCUT2D eigenvalue weighted by molar-refractivity contribution is 5.95. The van der Waals surface area contributed by atoms with E-state index in [1.54, 1.807) is 24.4 Å². The Morgan fingerprint density at radius 1 is 1.07 bits per heavy atom. The number of hydrogen-bond donors (Lipinski definition) is 1. The average molecular weight is 388 g/mol. The van der Waals surface area contributed by atoms with Crippen molar-refractivity contribution in [1.82, 2.24) is 5.43 Å². The maximum absolute atomic E-state index is 12.2. The van der Waals surface area contributed by atoms with Gasteiger partial charge in [-0.15, -0.1) is 0 Å². The zero-order valence-electron chi connectivity index (χ0n) is 15.9. The molecule has 146 valence electrons. The van der Waals surface area contributed by atoms with Crippen LogP contribution < -0.4 is 19.6 Å². The molecule has 6 nitrogen and oxygen atoms in total. The van der Waals surface area contributed by atoms with E-state index >= 15 is 0 Å². The summed E-state index contributed by atoms with van der Waals surface area (Å²) in [5.41, 5.74) is 6.10. The molecule has 3 aromatic rings. The third kappa shape index (κ3) is 4.73. The van der Waals surface area contributed by atoms with Gasteiger partial charge in [0.25, 0.3) is 5.91 Å². The minimum absolute atomic E-state index is 0.168. The number of rotatable bonds is 6. The van der Waals surface area contributed by atoms with Crippen LogP contribution in [0.3, 0.4) is 0 Å². The van der Waals surface area contributed by atoms with Gasteiger partial charge in [-0.1, -0.05) is 42.0 Å². The first-order valence-corrected chi connectivity index (χ1v) is 9.19. The Labute approximate surface area is 168 Å². The minimum Gasteiger partial charge on any atom is -0.489 e. The lowest BCUT2D eigenvalue weighted by molar-refractivity contribution is 0.0954. The van der Waals surface area contributed by atoms with Gasteiger partial charge in [0, 0.05) is 5.56 Å². The number of carbonyl (C=O) groups is 1. The van der Waals surface area contributed by atoms with Crippen LogP contribution in [-0.2, 0) is 6.61 Å². The summed E-state index contributed by atoms with van der Waals surface area (Å²) in [6.45, 7) is 2.71. The smallest absolute Gasteiger partial charge is 0.271 e. The van der Waals surface area contributed by atoms with Crippen LogP contribution in [0.4, 0.5) is 0 Å². The Kier molecular flexibility index (Phi) is 5.42. The number of benzene rings is 3. The van der Waals surface area contributed by atoms with E-state index in [-0.39, 0.29) is 12.7 Å². The molecule has 0 radical (unpaired) electrons. The lowest BCUT2D eigenvalue weighted by Gasteiger charge is -2.07. The van der Waals surface area contributed by atoms with Crippen LogP contribution in [0.25, 0.3) is 0 Å². The molecule has 0 aliphatic carbocycles. The second-order valence-electron chi connectivity index (χ2n) is 6.61. The summed E-state index contributed by atoms with van der Waals surface area (Å²) in [6.07, 6.45) is 1.57. The summed E-state index contributed by atoms with van der Waals surface area (Å²) in [6, 6.07) is 20.7. The second kappa shape index (κ2) is 8.48. The van der Waals surface area contributed by atoms with Gasteiger partial charge in [-0.05, 0) is 48.4 Å². The number of amides is 1. The van der Waals surface area contributed by atoms with E-state index < -0.39 is 0 Å². The Morgan fingerprint density at radius 3 is 2.76 bits per heavy atom. The van der Waals surface area contributed by atoms with E-state index in [1.165, 1.54) is 5.56 Å². The standard InChI is InChI=1S/C23H20N2O4/c1-16-5-7-17(8-6-16)14-27-20-4-2-3-18(11-20)13-24-25-23(26)19-9-10-21-22(12-19)29-15-28-21/h2-13H,14-15H2,1H3,(H,25,26)/b24-13-. The van der Waals surface area contributed by atoms with Gasteiger partial charge in [0.05, 0.1) is 6.21 Å². The zero-order valence-corrected chi connectivity index (χ0v) is 15.9. The maximum atomic E-state index is 12.2. The molecule has 1 aliphatic rings. The molecule has 0 atom stereocenters. The molecule has 1 N–H and O–H groups in total. The third-order valence-electron chi connectivity index (χ3n) is 4.40. The molecule has 0 unspecified atom stereocenters. The quantitative estimate of drug-likeness (QED) is 0.511. The highest BCUT2D eigenvalue weighted by Crippen LogP contribution is 2.32. The molecular weight excluding hydrogens is 368 g/mol. The average Bonchev–Trinajstić information content (AvgIpc) is 3.21. The largest absolute Gasteiger partial charge is 0.489 e. The molecule has 0 fully saturated rings. The van der Waals surface area contributed by atoms with Gasteiger partial charge < -0.3 is 14.2 Å². The fourth-order valence-corrected chi connectivity index (χ4v) is 2.80. The van der Waals surface area contributed by atoms with Crippen molar-refractivity contribution in [1.29, 1.82) is 0 Å². The first kappa shape index (κ1) is 18.6. The van der Waals surface area contributed by atoms with Crippen molar-refractivity contribution in [3.05, 3.63) is 89.0 Å². The van der Waals surface area contributed by atoms with Crippen LogP contribution in [0.15, 0.2) is 71.8 Å². The fraction of sp³-hybridized carbons (Fsp3) is 0.130. The van der Waals surface area contributed by atoms with Crippen LogP contribution in [0.1, 0.15) is 27.0 Å². The van der Waals surface area contributed by atoms with E-state index in [9.17, 15) is 4.79 Å². The predicted molar refractivity (Wildman–Crippen MR) is 110 cm³/mol. The SMILES string of the molecule is Cc1ccc(COc2cccc(/C=N\NC(=O)c3ccc4c(c3)OCO4)c2)cc1. The number of fused-ring (bicyclic) bond motifs is 1. The zero-order chi connectivity index (χ0) is 20.1. The molecular formula is C23H20N2O4. The first-order valence-electron chi connectivity index (χ1n) is 9.19. The molecule has 0 spiro atoms. The van der Waals surface area contributed by atoms with Gasteiger partial charge >= 0.3 is 0 Å². The van der Waals surface area contributed by atoms with Crippen LogP contribution in [0.5, 0.6) is 17.2 Å². The van der Waals surface area contributed by atoms with Crippen molar-refractivity contribution in [2.75, 3.05) is 6.79 Å². The van der Waals surface area contributed by atoms with Gasteiger partial charge in [-0.2, -0.15) is 5.10 Å². The number of nitrogens with one attached hydrogen (secondary N) is 1. The summed E-state index contributed by atoms with van der Waals surface area (Å²) in [4.78, 5) is 12.2. The van der Waals surface area contributed by atoms with Crippen LogP contribution >= 0.6 is 0 Å². The Hall–Kier alpha value is -3.80. The predicted octanol–water partition coefficient (Wildman–Crippen LogP) is 4.07. The molecule has 0 bridgehead atoms. The highest BCUT2D eigenvalue weighted by Gasteiger charge is 2.15. The number of ether oxygens (including phenoxy) is 3. The van der Waals surface area contributed by atoms with Crippen LogP contribution in [-0.4, -0.2) is 18.9 Å². The van der Waals surface area contributed by atoms with E-state index in [1.807, 2.05) is 36.4 Å². The van der Waals surface area contributed by atoms with Crippen molar-refractivity contribution in [3.8, 4) is 17.2 Å². The van der Waals surface area contributed by atoms with E-state index in [0.29, 0.717) is 23.7 Å². The molecule has 0 aromatic heterocycles. The summed E-state index contributed by atoms with van der Waals surface area (Å²) in [5.74, 6) is 1.59. The molecule has 0 saturated heterocycles. The van der Waals surface area contributed by atoms with Gasteiger partial charge in [0.2, 0.25) is 6.79 Å². The highest BCUT2D eigenvalue weighted by atomic mass is 16.7. The number of hydrogen-bond acceptors (Lipinski definition) is 5. The van der Waals surface area contributed by atoms with Crippen LogP contribution in [0.2, 0.25) is 0 Å². The van der Waals surface area contributed by atoms with Gasteiger partial charge in [-0.3, -0.25) is 4.79 Å². The molecule has 3 aromatic carbocycles. The Morgan fingerprint density at radius 2 is 1.90 bits per heavy atom. The van der Waals surface area contributed by atoms with Gasteiger partial charge in [0.15, 0.2) is 11.5 Å². The Balaban J connectivity index is 1.34. The molecule has 1 amide bonds. The second-order valence-corrected chi connectivity index (χ2v) is 6.61. The van der Waals surface area contributed by atoms with Crippen molar-refractivity contribution < 1.29 is 19.0 Å². The molecule has 1 aliphatic heterocycles. The Bertz CT molecular complexity index is 1040. The molecule has 1 heterocycles. The van der Waals surface area contributed by atoms with Crippen molar-refractivity contribution in [3.63, 3.8) is 0 Å². The topological polar surface area (TPSA) is 69.2 Å². The summed E-state index contributed by atoms with van der Waals surface area (Å²) in [7, 11) is 0. The van der Waals surface area contributed by atoms with Gasteiger partial charge in [0.1, 0.15) is 12.4 Å². The van der Waals surface area contributed by atoms with Gasteiger partial charge in [-0.25, -0.2) is 5.43 Å². The number of carbonyl (C=O) groups excluding carboxylic acids is 1. The van der Waals surface area contributed by atoms with E-state index in [4.69, 9.17) is 14.2 Å². The third-order valence-corrected chi connectivity index (χ3v) is 4.40. The lowest BCUT2D eigenvalue weighted by atomic mass is 10.2. The summed E-state index contributed by atoms with van der Waals surface area (Å²) >= 11 is 0. The molecule has 29 heavy (non-hydrogen) atoms. The molecule has 6 heteroatoms. The normalized spacial score (nSPS) is 12.2. The van der Waals surface area contributed by atoms with Crippen molar-refractivity contribution >= 4 is 12.1 Å². The fourth-order valence-electron chi connectivity index (χ4n) is 2.80. The minimum atomic E-state index is -0.327. The number of aryl methyl sites for hydroxylation is 1. The number of nitrogens with zero attached hydrogens (tertiary/aromatic N) is 1. The monoisotopic (exact) mass is 388 g/mol. The molecule has 0 saturated carbocycles. The summed E-state index contributed by atoms with van der Waals surface area (Å²) in [5, 5.41) is 4.03. The first-order chi connectivity index (χ1) is 14.2.